The van der Waals surface area contributed by atoms with Crippen molar-refractivity contribution in [3.63, 3.8) is 0 Å². The molecule has 1 heterocycles. The van der Waals surface area contributed by atoms with E-state index in [0.717, 1.165) is 12.8 Å². The summed E-state index contributed by atoms with van der Waals surface area (Å²) in [5.41, 5.74) is -0.0490. The molecule has 1 aliphatic heterocycles. The van der Waals surface area contributed by atoms with E-state index in [1.807, 2.05) is 0 Å². The Hall–Kier alpha value is -0.970. The molecule has 1 saturated heterocycles. The summed E-state index contributed by atoms with van der Waals surface area (Å²) in [6.45, 7) is 10.3. The molecule has 1 aromatic carbocycles. The van der Waals surface area contributed by atoms with Crippen molar-refractivity contribution in [2.75, 3.05) is 0 Å². The zero-order chi connectivity index (χ0) is 18.1. The third-order valence-electron chi connectivity index (χ3n) is 4.10. The Morgan fingerprint density at radius 3 is 2.38 bits per heavy atom. The Bertz CT molecular complexity index is 601. The lowest BCUT2D eigenvalue weighted by molar-refractivity contribution is -0.128. The Morgan fingerprint density at radius 1 is 1.25 bits per heavy atom. The summed E-state index contributed by atoms with van der Waals surface area (Å²) in [7, 11) is 0. The lowest BCUT2D eigenvalue weighted by Gasteiger charge is -2.46. The average molecular weight is 373 g/mol. The van der Waals surface area contributed by atoms with Crippen molar-refractivity contribution < 1.29 is 9.53 Å². The van der Waals surface area contributed by atoms with Gasteiger partial charge in [-0.1, -0.05) is 23.2 Å². The molecular formula is C18H26Cl2N2O2. The normalized spacial score (nSPS) is 21.1. The molecule has 0 aliphatic carbocycles. The maximum absolute atomic E-state index is 12.5. The molecule has 2 N–H and O–H groups in total. The molecule has 1 aliphatic rings. The number of hydrogen-bond donors (Lipinski definition) is 2. The van der Waals surface area contributed by atoms with Crippen LogP contribution in [0.2, 0.25) is 10.0 Å². The number of ether oxygens (including phenoxy) is 1. The average Bonchev–Trinajstić information content (AvgIpc) is 2.38. The van der Waals surface area contributed by atoms with E-state index in [9.17, 15) is 4.79 Å². The van der Waals surface area contributed by atoms with Gasteiger partial charge in [0.05, 0.1) is 5.02 Å². The molecule has 0 aromatic heterocycles. The summed E-state index contributed by atoms with van der Waals surface area (Å²) < 4.78 is 5.69. The highest BCUT2D eigenvalue weighted by Gasteiger charge is 2.38. The Morgan fingerprint density at radius 2 is 1.83 bits per heavy atom. The molecule has 24 heavy (non-hydrogen) atoms. The van der Waals surface area contributed by atoms with Crippen LogP contribution in [0.25, 0.3) is 0 Å². The van der Waals surface area contributed by atoms with Gasteiger partial charge >= 0.3 is 0 Å². The maximum atomic E-state index is 12.5. The first-order valence-corrected chi connectivity index (χ1v) is 8.94. The van der Waals surface area contributed by atoms with Gasteiger partial charge in [-0.15, -0.1) is 0 Å². The van der Waals surface area contributed by atoms with Crippen LogP contribution >= 0.6 is 23.2 Å². The minimum Gasteiger partial charge on any atom is -0.479 e. The van der Waals surface area contributed by atoms with E-state index < -0.39 is 6.10 Å². The van der Waals surface area contributed by atoms with Gasteiger partial charge in [-0.3, -0.25) is 4.79 Å². The number of benzene rings is 1. The highest BCUT2D eigenvalue weighted by Crippen LogP contribution is 2.30. The van der Waals surface area contributed by atoms with E-state index >= 15 is 0 Å². The number of halogens is 2. The molecular weight excluding hydrogens is 347 g/mol. The van der Waals surface area contributed by atoms with Gasteiger partial charge in [-0.25, -0.2) is 0 Å². The number of nitrogens with one attached hydrogen (secondary N) is 2. The molecule has 1 aromatic rings. The number of carbonyl (C=O) groups is 1. The number of piperidine rings is 1. The van der Waals surface area contributed by atoms with Crippen LogP contribution in [0.1, 0.15) is 47.5 Å². The number of amides is 1. The van der Waals surface area contributed by atoms with Crippen molar-refractivity contribution in [1.29, 1.82) is 0 Å². The molecule has 1 atom stereocenters. The SMILES string of the molecule is CC(Oc1ccc(Cl)cc1Cl)C(=O)NC1CC(C)(C)NC(C)(C)C1. The van der Waals surface area contributed by atoms with Gasteiger partial charge < -0.3 is 15.4 Å². The molecule has 4 nitrogen and oxygen atoms in total. The molecule has 0 radical (unpaired) electrons. The molecule has 134 valence electrons. The summed E-state index contributed by atoms with van der Waals surface area (Å²) in [6, 6.07) is 5.06. The standard InChI is InChI=1S/C18H26Cl2N2O2/c1-11(24-15-7-6-12(19)8-14(15)20)16(23)21-13-9-17(2,3)22-18(4,5)10-13/h6-8,11,13,22H,9-10H2,1-5H3,(H,21,23). The molecule has 0 bridgehead atoms. The van der Waals surface area contributed by atoms with Crippen molar-refractivity contribution in [3.05, 3.63) is 28.2 Å². The van der Waals surface area contributed by atoms with E-state index in [1.165, 1.54) is 0 Å². The van der Waals surface area contributed by atoms with Gasteiger partial charge in [-0.05, 0) is 65.7 Å². The fourth-order valence-corrected chi connectivity index (χ4v) is 4.01. The van der Waals surface area contributed by atoms with Crippen molar-refractivity contribution >= 4 is 29.1 Å². The van der Waals surface area contributed by atoms with Crippen LogP contribution in [0.15, 0.2) is 18.2 Å². The number of hydrogen-bond acceptors (Lipinski definition) is 3. The van der Waals surface area contributed by atoms with Gasteiger partial charge in [0.1, 0.15) is 5.75 Å². The molecule has 0 saturated carbocycles. The minimum atomic E-state index is -0.634. The largest absolute Gasteiger partial charge is 0.479 e. The number of carbonyl (C=O) groups excluding carboxylic acids is 1. The first-order valence-electron chi connectivity index (χ1n) is 8.19. The first-order chi connectivity index (χ1) is 11.0. The second kappa shape index (κ2) is 7.11. The van der Waals surface area contributed by atoms with Gasteiger partial charge in [0, 0.05) is 22.1 Å². The van der Waals surface area contributed by atoms with Gasteiger partial charge in [0.2, 0.25) is 0 Å². The summed E-state index contributed by atoms with van der Waals surface area (Å²) in [5.74, 6) is 0.314. The fraction of sp³-hybridized carbons (Fsp3) is 0.611. The third-order valence-corrected chi connectivity index (χ3v) is 4.63. The number of rotatable bonds is 4. The topological polar surface area (TPSA) is 50.4 Å². The van der Waals surface area contributed by atoms with Crippen molar-refractivity contribution in [2.45, 2.75) is 70.7 Å². The highest BCUT2D eigenvalue weighted by molar-refractivity contribution is 6.35. The Balaban J connectivity index is 1.98. The lowest BCUT2D eigenvalue weighted by atomic mass is 9.79. The highest BCUT2D eigenvalue weighted by atomic mass is 35.5. The van der Waals surface area contributed by atoms with Gasteiger partial charge in [0.25, 0.3) is 5.91 Å². The predicted octanol–water partition coefficient (Wildman–Crippen LogP) is 4.19. The van der Waals surface area contributed by atoms with E-state index in [-0.39, 0.29) is 23.0 Å². The molecule has 1 amide bonds. The summed E-state index contributed by atoms with van der Waals surface area (Å²) >= 11 is 12.0. The predicted molar refractivity (Wildman–Crippen MR) is 99.0 cm³/mol. The first kappa shape index (κ1) is 19.4. The van der Waals surface area contributed by atoms with Crippen LogP contribution in [0.3, 0.4) is 0 Å². The van der Waals surface area contributed by atoms with E-state index in [2.05, 4.69) is 38.3 Å². The van der Waals surface area contributed by atoms with E-state index in [4.69, 9.17) is 27.9 Å². The maximum Gasteiger partial charge on any atom is 0.260 e. The second-order valence-corrected chi connectivity index (χ2v) is 8.68. The van der Waals surface area contributed by atoms with Gasteiger partial charge in [0.15, 0.2) is 6.10 Å². The molecule has 1 fully saturated rings. The van der Waals surface area contributed by atoms with Crippen LogP contribution in [-0.4, -0.2) is 29.1 Å². The van der Waals surface area contributed by atoms with Gasteiger partial charge in [-0.2, -0.15) is 0 Å². The van der Waals surface area contributed by atoms with Crippen LogP contribution in [0, 0.1) is 0 Å². The molecule has 6 heteroatoms. The van der Waals surface area contributed by atoms with Crippen LogP contribution < -0.4 is 15.4 Å². The smallest absolute Gasteiger partial charge is 0.260 e. The third kappa shape index (κ3) is 5.27. The zero-order valence-corrected chi connectivity index (χ0v) is 16.4. The van der Waals surface area contributed by atoms with Crippen LogP contribution in [0.4, 0.5) is 0 Å². The second-order valence-electron chi connectivity index (χ2n) is 7.84. The van der Waals surface area contributed by atoms with E-state index in [1.54, 1.807) is 25.1 Å². The fourth-order valence-electron chi connectivity index (χ4n) is 3.56. The molecule has 1 unspecified atom stereocenters. The van der Waals surface area contributed by atoms with Crippen LogP contribution in [-0.2, 0) is 4.79 Å². The monoisotopic (exact) mass is 372 g/mol. The summed E-state index contributed by atoms with van der Waals surface area (Å²) in [5, 5.41) is 7.64. The minimum absolute atomic E-state index is 0.0245. The molecule has 2 rings (SSSR count). The zero-order valence-electron chi connectivity index (χ0n) is 14.9. The lowest BCUT2D eigenvalue weighted by Crippen LogP contribution is -2.62. The Kier molecular flexibility index (Phi) is 5.73. The Labute approximate surface area is 154 Å². The summed E-state index contributed by atoms with van der Waals surface area (Å²) in [6.07, 6.45) is 1.11. The van der Waals surface area contributed by atoms with Crippen LogP contribution in [0.5, 0.6) is 5.75 Å². The van der Waals surface area contributed by atoms with E-state index in [0.29, 0.717) is 15.8 Å². The van der Waals surface area contributed by atoms with Crippen molar-refractivity contribution in [3.8, 4) is 5.75 Å². The summed E-state index contributed by atoms with van der Waals surface area (Å²) in [4.78, 5) is 12.5. The van der Waals surface area contributed by atoms with Crippen molar-refractivity contribution in [2.24, 2.45) is 0 Å². The quantitative estimate of drug-likeness (QED) is 0.832. The molecule has 0 spiro atoms. The van der Waals surface area contributed by atoms with Crippen molar-refractivity contribution in [1.82, 2.24) is 10.6 Å².